The third-order valence-electron chi connectivity index (χ3n) is 4.93. The van der Waals surface area contributed by atoms with Crippen molar-refractivity contribution in [3.63, 3.8) is 0 Å². The predicted octanol–water partition coefficient (Wildman–Crippen LogP) is 4.19. The van der Waals surface area contributed by atoms with Gasteiger partial charge in [0.25, 0.3) is 0 Å². The summed E-state index contributed by atoms with van der Waals surface area (Å²) in [4.78, 5) is 8.84. The molecule has 0 unspecified atom stereocenters. The van der Waals surface area contributed by atoms with Crippen LogP contribution in [0.15, 0.2) is 36.5 Å². The first-order chi connectivity index (χ1) is 12.7. The van der Waals surface area contributed by atoms with Gasteiger partial charge in [0, 0.05) is 43.2 Å². The summed E-state index contributed by atoms with van der Waals surface area (Å²) in [5, 5.41) is 3.45. The fourth-order valence-electron chi connectivity index (χ4n) is 3.61. The van der Waals surface area contributed by atoms with Crippen molar-refractivity contribution in [2.45, 2.75) is 45.1 Å². The SMILES string of the molecule is Cc1cc(N)nc(C[C@@H]2CNC[C@@H]2OCCCCCc2ccccn2)c1.Cl.Cl.Cl. The lowest BCUT2D eigenvalue weighted by Crippen LogP contribution is -2.25. The van der Waals surface area contributed by atoms with E-state index in [1.165, 1.54) is 24.1 Å². The summed E-state index contributed by atoms with van der Waals surface area (Å²) in [7, 11) is 0. The van der Waals surface area contributed by atoms with E-state index in [0.717, 1.165) is 44.7 Å². The highest BCUT2D eigenvalue weighted by Gasteiger charge is 2.28. The van der Waals surface area contributed by atoms with E-state index < -0.39 is 0 Å². The number of hydrogen-bond donors (Lipinski definition) is 2. The Morgan fingerprint density at radius 2 is 1.90 bits per heavy atom. The van der Waals surface area contributed by atoms with Crippen molar-refractivity contribution in [3.05, 3.63) is 53.5 Å². The Morgan fingerprint density at radius 3 is 2.62 bits per heavy atom. The van der Waals surface area contributed by atoms with E-state index in [1.54, 1.807) is 0 Å². The molecule has 5 nitrogen and oxygen atoms in total. The molecule has 1 aliphatic rings. The number of ether oxygens (including phenoxy) is 1. The van der Waals surface area contributed by atoms with Gasteiger partial charge in [0.2, 0.25) is 0 Å². The number of halogens is 3. The van der Waals surface area contributed by atoms with Gasteiger partial charge >= 0.3 is 0 Å². The van der Waals surface area contributed by atoms with Gasteiger partial charge in [-0.3, -0.25) is 4.98 Å². The van der Waals surface area contributed by atoms with Gasteiger partial charge in [-0.1, -0.05) is 12.5 Å². The molecule has 3 rings (SSSR count). The molecule has 1 saturated heterocycles. The second kappa shape index (κ2) is 14.8. The van der Waals surface area contributed by atoms with Crippen LogP contribution in [0, 0.1) is 12.8 Å². The number of pyridine rings is 2. The van der Waals surface area contributed by atoms with Crippen molar-refractivity contribution >= 4 is 43.0 Å². The van der Waals surface area contributed by atoms with Gasteiger partial charge < -0.3 is 15.8 Å². The molecule has 0 saturated carbocycles. The fourth-order valence-corrected chi connectivity index (χ4v) is 3.61. The van der Waals surface area contributed by atoms with Gasteiger partial charge in [-0.2, -0.15) is 0 Å². The molecule has 2 aromatic rings. The summed E-state index contributed by atoms with van der Waals surface area (Å²) in [6.07, 6.45) is 7.55. The Balaban J connectivity index is 0.00000261. The average molecular weight is 464 g/mol. The molecule has 0 spiro atoms. The lowest BCUT2D eigenvalue weighted by molar-refractivity contribution is 0.0354. The standard InChI is InChI=1S/C21H30N4O.3ClH/c1-16-11-19(25-21(22)12-16)13-17-14-23-15-20(17)26-10-6-2-3-7-18-8-4-5-9-24-18;;;/h4-5,8-9,11-12,17,20,23H,2-3,6-7,10,13-15H2,1H3,(H2,22,25);3*1H/t17-,20+;;;/m1.../s1. The molecule has 0 amide bonds. The first kappa shape index (κ1) is 27.9. The first-order valence-corrected chi connectivity index (χ1v) is 9.66. The number of aromatic nitrogens is 2. The summed E-state index contributed by atoms with van der Waals surface area (Å²) in [6, 6.07) is 10.1. The van der Waals surface area contributed by atoms with Crippen molar-refractivity contribution in [2.24, 2.45) is 5.92 Å². The molecular formula is C21H33Cl3N4O. The van der Waals surface area contributed by atoms with Crippen molar-refractivity contribution < 1.29 is 4.74 Å². The fraction of sp³-hybridized carbons (Fsp3) is 0.524. The van der Waals surface area contributed by atoms with Gasteiger partial charge in [0.15, 0.2) is 0 Å². The summed E-state index contributed by atoms with van der Waals surface area (Å²) in [6.45, 7) is 4.81. The molecule has 1 fully saturated rings. The molecule has 0 bridgehead atoms. The zero-order valence-corrected chi connectivity index (χ0v) is 19.3. The van der Waals surface area contributed by atoms with E-state index >= 15 is 0 Å². The number of hydrogen-bond acceptors (Lipinski definition) is 5. The van der Waals surface area contributed by atoms with Gasteiger partial charge in [-0.15, -0.1) is 37.2 Å². The number of nitrogens with zero attached hydrogens (tertiary/aromatic N) is 2. The second-order valence-corrected chi connectivity index (χ2v) is 7.22. The molecule has 8 heteroatoms. The highest BCUT2D eigenvalue weighted by atomic mass is 35.5. The summed E-state index contributed by atoms with van der Waals surface area (Å²) < 4.78 is 6.16. The van der Waals surface area contributed by atoms with Crippen LogP contribution in [-0.4, -0.2) is 35.8 Å². The Labute approximate surface area is 192 Å². The highest BCUT2D eigenvalue weighted by molar-refractivity contribution is 5.86. The highest BCUT2D eigenvalue weighted by Crippen LogP contribution is 2.20. The zero-order valence-electron chi connectivity index (χ0n) is 16.9. The van der Waals surface area contributed by atoms with E-state index in [9.17, 15) is 0 Å². The Morgan fingerprint density at radius 1 is 1.07 bits per heavy atom. The van der Waals surface area contributed by atoms with Crippen LogP contribution in [-0.2, 0) is 17.6 Å². The Bertz CT molecular complexity index is 671. The maximum absolute atomic E-state index is 6.16. The normalized spacial score (nSPS) is 17.7. The minimum Gasteiger partial charge on any atom is -0.384 e. The maximum Gasteiger partial charge on any atom is 0.123 e. The van der Waals surface area contributed by atoms with Crippen LogP contribution in [0.2, 0.25) is 0 Å². The third-order valence-corrected chi connectivity index (χ3v) is 4.93. The molecule has 1 aliphatic heterocycles. The molecule has 2 aromatic heterocycles. The van der Waals surface area contributed by atoms with Crippen LogP contribution in [0.4, 0.5) is 5.82 Å². The van der Waals surface area contributed by atoms with Gasteiger partial charge in [-0.25, -0.2) is 4.98 Å². The molecule has 0 aliphatic carbocycles. The first-order valence-electron chi connectivity index (χ1n) is 9.66. The minimum absolute atomic E-state index is 0. The third kappa shape index (κ3) is 9.49. The molecule has 0 aromatic carbocycles. The molecule has 0 radical (unpaired) electrons. The van der Waals surface area contributed by atoms with Crippen LogP contribution < -0.4 is 11.1 Å². The van der Waals surface area contributed by atoms with E-state index in [4.69, 9.17) is 10.5 Å². The van der Waals surface area contributed by atoms with Crippen molar-refractivity contribution in [1.29, 1.82) is 0 Å². The Hall–Kier alpha value is -1.11. The topological polar surface area (TPSA) is 73.1 Å². The number of aryl methyl sites for hydroxylation is 2. The molecule has 3 N–H and O–H groups in total. The Kier molecular flexibility index (Phi) is 14.2. The van der Waals surface area contributed by atoms with Crippen molar-refractivity contribution in [1.82, 2.24) is 15.3 Å². The monoisotopic (exact) mass is 462 g/mol. The zero-order chi connectivity index (χ0) is 18.2. The smallest absolute Gasteiger partial charge is 0.123 e. The van der Waals surface area contributed by atoms with Gasteiger partial charge in [0.05, 0.1) is 6.10 Å². The number of nitrogens with one attached hydrogen (secondary N) is 1. The minimum atomic E-state index is 0. The predicted molar refractivity (Wildman–Crippen MR) is 127 cm³/mol. The quantitative estimate of drug-likeness (QED) is 0.545. The van der Waals surface area contributed by atoms with E-state index in [0.29, 0.717) is 11.7 Å². The summed E-state index contributed by atoms with van der Waals surface area (Å²) in [5.74, 6) is 1.08. The number of nitrogen functional groups attached to an aromatic ring is 1. The number of rotatable bonds is 9. The number of anilines is 1. The molecule has 29 heavy (non-hydrogen) atoms. The molecular weight excluding hydrogens is 431 g/mol. The largest absolute Gasteiger partial charge is 0.384 e. The van der Waals surface area contributed by atoms with E-state index in [2.05, 4.69) is 40.4 Å². The lowest BCUT2D eigenvalue weighted by Gasteiger charge is -2.19. The van der Waals surface area contributed by atoms with Gasteiger partial charge in [-0.05, 0) is 62.4 Å². The van der Waals surface area contributed by atoms with Crippen LogP contribution in [0.25, 0.3) is 0 Å². The van der Waals surface area contributed by atoms with Crippen LogP contribution in [0.1, 0.15) is 36.2 Å². The number of nitrogens with two attached hydrogens (primary N) is 1. The van der Waals surface area contributed by atoms with Crippen molar-refractivity contribution in [3.8, 4) is 0 Å². The van der Waals surface area contributed by atoms with Crippen LogP contribution in [0.5, 0.6) is 0 Å². The molecule has 2 atom stereocenters. The van der Waals surface area contributed by atoms with Crippen molar-refractivity contribution in [2.75, 3.05) is 25.4 Å². The van der Waals surface area contributed by atoms with Crippen LogP contribution in [0.3, 0.4) is 0 Å². The maximum atomic E-state index is 6.16. The lowest BCUT2D eigenvalue weighted by atomic mass is 9.99. The van der Waals surface area contributed by atoms with Crippen LogP contribution >= 0.6 is 37.2 Å². The average Bonchev–Trinajstić information content (AvgIpc) is 3.05. The molecule has 3 heterocycles. The van der Waals surface area contributed by atoms with Gasteiger partial charge in [0.1, 0.15) is 5.82 Å². The van der Waals surface area contributed by atoms with E-state index in [-0.39, 0.29) is 43.3 Å². The number of unbranched alkanes of at least 4 members (excludes halogenated alkanes) is 2. The summed E-state index contributed by atoms with van der Waals surface area (Å²) >= 11 is 0. The summed E-state index contributed by atoms with van der Waals surface area (Å²) in [5.41, 5.74) is 9.29. The molecule has 164 valence electrons. The van der Waals surface area contributed by atoms with E-state index in [1.807, 2.05) is 18.3 Å². The second-order valence-electron chi connectivity index (χ2n) is 7.22.